The number of sulfone groups is 1. The van der Waals surface area contributed by atoms with Crippen LogP contribution in [0, 0.1) is 0 Å². The van der Waals surface area contributed by atoms with Gasteiger partial charge in [0.2, 0.25) is 15.4 Å². The lowest BCUT2D eigenvalue weighted by Crippen LogP contribution is -2.52. The average Bonchev–Trinajstić information content (AvgIpc) is 2.55. The van der Waals surface area contributed by atoms with Crippen molar-refractivity contribution in [2.75, 3.05) is 5.32 Å². The molecule has 0 aliphatic carbocycles. The van der Waals surface area contributed by atoms with Gasteiger partial charge in [0, 0.05) is 18.1 Å². The van der Waals surface area contributed by atoms with E-state index in [9.17, 15) is 31.5 Å². The number of amides is 1. The molecule has 2 rings (SSSR count). The quantitative estimate of drug-likeness (QED) is 0.855. The molecule has 2 aromatic rings. The first-order valence-corrected chi connectivity index (χ1v) is 8.30. The van der Waals surface area contributed by atoms with Gasteiger partial charge in [-0.05, 0) is 43.3 Å². The van der Waals surface area contributed by atoms with Crippen molar-refractivity contribution in [1.29, 1.82) is 0 Å². The highest BCUT2D eigenvalue weighted by atomic mass is 32.2. The second-order valence-corrected chi connectivity index (χ2v) is 7.19. The number of alkyl halides is 3. The van der Waals surface area contributed by atoms with Gasteiger partial charge in [0.15, 0.2) is 0 Å². The number of pyridine rings is 1. The molecule has 0 aliphatic rings. The number of benzene rings is 1. The van der Waals surface area contributed by atoms with Gasteiger partial charge in [-0.2, -0.15) is 13.2 Å². The van der Waals surface area contributed by atoms with Crippen molar-refractivity contribution in [3.8, 4) is 0 Å². The Bertz CT molecular complexity index is 864. The first-order chi connectivity index (χ1) is 11.5. The molecular weight excluding hydrogens is 361 g/mol. The van der Waals surface area contributed by atoms with Crippen molar-refractivity contribution in [2.45, 2.75) is 28.5 Å². The monoisotopic (exact) mass is 374 g/mol. The van der Waals surface area contributed by atoms with E-state index < -0.39 is 27.5 Å². The number of carbonyl (C=O) groups excluding carboxylic acids is 1. The van der Waals surface area contributed by atoms with E-state index in [2.05, 4.69) is 4.98 Å². The molecule has 1 aromatic heterocycles. The minimum atomic E-state index is -5.15. The summed E-state index contributed by atoms with van der Waals surface area (Å²) < 4.78 is 62.5. The Hall–Kier alpha value is -2.46. The molecule has 0 radical (unpaired) electrons. The second kappa shape index (κ2) is 6.45. The number of nitrogens with zero attached hydrogens (tertiary/aromatic N) is 1. The third-order valence-corrected chi connectivity index (χ3v) is 5.12. The minimum absolute atomic E-state index is 0.0493. The number of carbonyl (C=O) groups is 1. The maximum absolute atomic E-state index is 12.6. The molecule has 0 saturated heterocycles. The lowest BCUT2D eigenvalue weighted by molar-refractivity contribution is -0.242. The Labute approximate surface area is 141 Å². The summed E-state index contributed by atoms with van der Waals surface area (Å²) in [6.45, 7) is 0.323. The predicted octanol–water partition coefficient (Wildman–Crippen LogP) is 2.17. The van der Waals surface area contributed by atoms with Gasteiger partial charge >= 0.3 is 6.18 Å². The summed E-state index contributed by atoms with van der Waals surface area (Å²) in [5.41, 5.74) is -3.67. The van der Waals surface area contributed by atoms with Gasteiger partial charge < -0.3 is 10.4 Å². The minimum Gasteiger partial charge on any atom is -0.373 e. The molecule has 10 heteroatoms. The largest absolute Gasteiger partial charge is 0.426 e. The van der Waals surface area contributed by atoms with Crippen LogP contribution in [0.25, 0.3) is 0 Å². The SMILES string of the molecule is C[C@](O)(C(=O)Nc1ccc(S(=O)(=O)c2cccnc2)cc1)C(F)(F)F. The van der Waals surface area contributed by atoms with E-state index in [0.29, 0.717) is 6.92 Å². The molecule has 1 atom stereocenters. The Balaban J connectivity index is 2.23. The standard InChI is InChI=1S/C15H13F3N2O4S/c1-14(22,15(16,17)18)13(21)20-10-4-6-11(7-5-10)25(23,24)12-3-2-8-19-9-12/h2-9,22H,1H3,(H,20,21)/t14-/m0/s1. The molecule has 0 aliphatic heterocycles. The smallest absolute Gasteiger partial charge is 0.373 e. The van der Waals surface area contributed by atoms with Gasteiger partial charge in [-0.1, -0.05) is 0 Å². The van der Waals surface area contributed by atoms with E-state index >= 15 is 0 Å². The van der Waals surface area contributed by atoms with Gasteiger partial charge in [0.25, 0.3) is 5.91 Å². The highest BCUT2D eigenvalue weighted by molar-refractivity contribution is 7.91. The van der Waals surface area contributed by atoms with Crippen LogP contribution in [0.3, 0.4) is 0 Å². The van der Waals surface area contributed by atoms with E-state index in [4.69, 9.17) is 0 Å². The lowest BCUT2D eigenvalue weighted by Gasteiger charge is -2.24. The summed E-state index contributed by atoms with van der Waals surface area (Å²) >= 11 is 0. The zero-order valence-corrected chi connectivity index (χ0v) is 13.6. The van der Waals surface area contributed by atoms with Crippen molar-refractivity contribution < 1.29 is 31.5 Å². The van der Waals surface area contributed by atoms with Crippen LogP contribution >= 0.6 is 0 Å². The summed E-state index contributed by atoms with van der Waals surface area (Å²) in [5, 5.41) is 11.2. The zero-order valence-electron chi connectivity index (χ0n) is 12.8. The number of anilines is 1. The summed E-state index contributed by atoms with van der Waals surface area (Å²) in [6.07, 6.45) is -2.59. The van der Waals surface area contributed by atoms with Crippen LogP contribution in [0.4, 0.5) is 18.9 Å². The summed E-state index contributed by atoms with van der Waals surface area (Å²) in [5.74, 6) is -1.68. The number of halogens is 3. The molecule has 1 heterocycles. The number of hydrogen-bond donors (Lipinski definition) is 2. The van der Waals surface area contributed by atoms with E-state index in [0.717, 1.165) is 30.5 Å². The van der Waals surface area contributed by atoms with Crippen LogP contribution in [0.1, 0.15) is 6.92 Å². The van der Waals surface area contributed by atoms with Crippen LogP contribution in [0.2, 0.25) is 0 Å². The van der Waals surface area contributed by atoms with E-state index in [1.54, 1.807) is 0 Å². The Morgan fingerprint density at radius 2 is 1.72 bits per heavy atom. The normalized spacial score (nSPS) is 14.6. The van der Waals surface area contributed by atoms with Crippen LogP contribution < -0.4 is 5.32 Å². The Morgan fingerprint density at radius 3 is 2.20 bits per heavy atom. The van der Waals surface area contributed by atoms with Crippen LogP contribution in [0.15, 0.2) is 58.6 Å². The highest BCUT2D eigenvalue weighted by Crippen LogP contribution is 2.31. The van der Waals surface area contributed by atoms with Crippen molar-refractivity contribution in [1.82, 2.24) is 4.98 Å². The fourth-order valence-electron chi connectivity index (χ4n) is 1.74. The third-order valence-electron chi connectivity index (χ3n) is 3.36. The van der Waals surface area contributed by atoms with Crippen molar-refractivity contribution in [2.24, 2.45) is 0 Å². The van der Waals surface area contributed by atoms with Crippen molar-refractivity contribution >= 4 is 21.4 Å². The van der Waals surface area contributed by atoms with Crippen LogP contribution in [0.5, 0.6) is 0 Å². The van der Waals surface area contributed by atoms with E-state index in [-0.39, 0.29) is 15.5 Å². The van der Waals surface area contributed by atoms with Gasteiger partial charge in [0.1, 0.15) is 0 Å². The third kappa shape index (κ3) is 3.80. The number of nitrogens with one attached hydrogen (secondary N) is 1. The molecule has 2 N–H and O–H groups in total. The van der Waals surface area contributed by atoms with Gasteiger partial charge in [0.05, 0.1) is 9.79 Å². The lowest BCUT2D eigenvalue weighted by atomic mass is 10.1. The topological polar surface area (TPSA) is 96.4 Å². The van der Waals surface area contributed by atoms with Crippen LogP contribution in [-0.2, 0) is 14.6 Å². The average molecular weight is 374 g/mol. The van der Waals surface area contributed by atoms with Crippen molar-refractivity contribution in [3.63, 3.8) is 0 Å². The number of rotatable bonds is 4. The van der Waals surface area contributed by atoms with Gasteiger partial charge in [-0.15, -0.1) is 0 Å². The molecular formula is C15H13F3N2O4S. The fraction of sp³-hybridized carbons (Fsp3) is 0.200. The first kappa shape index (κ1) is 18.9. The van der Waals surface area contributed by atoms with Gasteiger partial charge in [-0.25, -0.2) is 8.42 Å². The number of aliphatic hydroxyl groups is 1. The molecule has 1 amide bonds. The maximum atomic E-state index is 12.6. The fourth-order valence-corrected chi connectivity index (χ4v) is 2.96. The summed E-state index contributed by atoms with van der Waals surface area (Å²) in [4.78, 5) is 15.1. The number of hydrogen-bond acceptors (Lipinski definition) is 5. The van der Waals surface area contributed by atoms with E-state index in [1.165, 1.54) is 18.3 Å². The van der Waals surface area contributed by atoms with E-state index in [1.807, 2.05) is 5.32 Å². The highest BCUT2D eigenvalue weighted by Gasteiger charge is 2.55. The zero-order chi connectivity index (χ0) is 18.9. The molecule has 0 saturated carbocycles. The maximum Gasteiger partial charge on any atom is 0.426 e. The summed E-state index contributed by atoms with van der Waals surface area (Å²) in [6, 6.07) is 7.28. The molecule has 6 nitrogen and oxygen atoms in total. The summed E-state index contributed by atoms with van der Waals surface area (Å²) in [7, 11) is -3.84. The second-order valence-electron chi connectivity index (χ2n) is 5.24. The Kier molecular flexibility index (Phi) is 4.87. The van der Waals surface area contributed by atoms with Crippen molar-refractivity contribution in [3.05, 3.63) is 48.8 Å². The molecule has 0 bridgehead atoms. The number of aromatic nitrogens is 1. The molecule has 134 valence electrons. The molecule has 1 aromatic carbocycles. The Morgan fingerprint density at radius 1 is 1.12 bits per heavy atom. The predicted molar refractivity (Wildman–Crippen MR) is 81.4 cm³/mol. The van der Waals surface area contributed by atoms with Crippen LogP contribution in [-0.4, -0.2) is 36.2 Å². The van der Waals surface area contributed by atoms with Gasteiger partial charge in [-0.3, -0.25) is 9.78 Å². The molecule has 0 unspecified atom stereocenters. The first-order valence-electron chi connectivity index (χ1n) is 6.82. The molecule has 0 spiro atoms. The molecule has 0 fully saturated rings. The molecule has 25 heavy (non-hydrogen) atoms.